The average Bonchev–Trinajstić information content (AvgIpc) is 3.07. The second-order valence-electron chi connectivity index (χ2n) is 6.31. The van der Waals surface area contributed by atoms with Gasteiger partial charge in [0.15, 0.2) is 5.82 Å². The van der Waals surface area contributed by atoms with Crippen molar-refractivity contribution in [1.82, 2.24) is 10.1 Å². The van der Waals surface area contributed by atoms with Gasteiger partial charge in [-0.05, 0) is 31.9 Å². The van der Waals surface area contributed by atoms with Gasteiger partial charge < -0.3 is 20.1 Å². The first-order valence-corrected chi connectivity index (χ1v) is 8.47. The number of hydrogen-bond acceptors (Lipinski definition) is 6. The van der Waals surface area contributed by atoms with Gasteiger partial charge in [-0.25, -0.2) is 4.79 Å². The Bertz CT molecular complexity index is 840. The summed E-state index contributed by atoms with van der Waals surface area (Å²) in [7, 11) is 0. The van der Waals surface area contributed by atoms with E-state index in [4.69, 9.17) is 4.52 Å². The van der Waals surface area contributed by atoms with E-state index in [1.807, 2.05) is 0 Å². The fourth-order valence-electron chi connectivity index (χ4n) is 2.87. The van der Waals surface area contributed by atoms with Crippen molar-refractivity contribution in [2.24, 2.45) is 5.92 Å². The Morgan fingerprint density at radius 2 is 1.89 bits per heavy atom. The molecule has 0 saturated carbocycles. The van der Waals surface area contributed by atoms with Crippen LogP contribution < -0.4 is 10.6 Å². The Labute approximate surface area is 154 Å². The number of nitro benzene ring substituents is 1. The number of aromatic nitrogens is 1. The maximum absolute atomic E-state index is 12.3. The molecule has 1 fully saturated rings. The molecule has 1 aliphatic heterocycles. The molecule has 0 atom stereocenters. The van der Waals surface area contributed by atoms with Crippen LogP contribution in [-0.4, -0.2) is 40.0 Å². The second kappa shape index (κ2) is 7.85. The van der Waals surface area contributed by atoms with E-state index >= 15 is 0 Å². The molecule has 0 spiro atoms. The first-order chi connectivity index (χ1) is 12.9. The minimum atomic E-state index is -0.498. The number of non-ortho nitro benzene ring substituents is 1. The van der Waals surface area contributed by atoms with Gasteiger partial charge in [-0.2, -0.15) is 0 Å². The van der Waals surface area contributed by atoms with Crippen LogP contribution in [0.25, 0.3) is 0 Å². The summed E-state index contributed by atoms with van der Waals surface area (Å²) < 4.78 is 4.92. The summed E-state index contributed by atoms with van der Waals surface area (Å²) in [5.41, 5.74) is 0.439. The first-order valence-electron chi connectivity index (χ1n) is 8.47. The summed E-state index contributed by atoms with van der Waals surface area (Å²) in [6, 6.07) is 6.97. The van der Waals surface area contributed by atoms with Crippen molar-refractivity contribution in [2.75, 3.05) is 23.7 Å². The van der Waals surface area contributed by atoms with Crippen LogP contribution in [0.2, 0.25) is 0 Å². The quantitative estimate of drug-likeness (QED) is 0.626. The van der Waals surface area contributed by atoms with Crippen LogP contribution in [0.1, 0.15) is 18.6 Å². The number of carbonyl (C=O) groups excluding carboxylic acids is 2. The molecule has 0 unspecified atom stereocenters. The molecule has 10 heteroatoms. The van der Waals surface area contributed by atoms with Crippen LogP contribution in [0.15, 0.2) is 34.9 Å². The van der Waals surface area contributed by atoms with Crippen molar-refractivity contribution in [3.8, 4) is 0 Å². The monoisotopic (exact) mass is 373 g/mol. The molecular weight excluding hydrogens is 354 g/mol. The highest BCUT2D eigenvalue weighted by Crippen LogP contribution is 2.21. The zero-order valence-corrected chi connectivity index (χ0v) is 14.7. The van der Waals surface area contributed by atoms with Crippen molar-refractivity contribution >= 4 is 29.1 Å². The molecule has 0 bridgehead atoms. The van der Waals surface area contributed by atoms with Gasteiger partial charge in [-0.1, -0.05) is 5.16 Å². The van der Waals surface area contributed by atoms with E-state index < -0.39 is 4.92 Å². The van der Waals surface area contributed by atoms with Crippen molar-refractivity contribution < 1.29 is 19.0 Å². The Morgan fingerprint density at radius 3 is 2.44 bits per heavy atom. The van der Waals surface area contributed by atoms with Crippen LogP contribution in [0.3, 0.4) is 0 Å². The normalized spacial score (nSPS) is 14.6. The summed E-state index contributed by atoms with van der Waals surface area (Å²) in [6.07, 6.45) is 1.08. The third-order valence-electron chi connectivity index (χ3n) is 4.36. The molecule has 2 N–H and O–H groups in total. The standard InChI is InChI=1S/C17H19N5O5/c1-11-10-15(20-27-11)19-16(23)12-6-8-21(9-7-12)17(24)18-13-2-4-14(5-3-13)22(25)26/h2-5,10,12H,6-9H2,1H3,(H,18,24)(H,19,20,23). The van der Waals surface area contributed by atoms with E-state index in [-0.39, 0.29) is 23.5 Å². The Balaban J connectivity index is 1.48. The van der Waals surface area contributed by atoms with E-state index in [0.29, 0.717) is 43.2 Å². The predicted molar refractivity (Wildman–Crippen MR) is 96.3 cm³/mol. The number of carbonyl (C=O) groups is 2. The molecule has 2 aromatic rings. The number of piperidine rings is 1. The highest BCUT2D eigenvalue weighted by molar-refractivity contribution is 5.92. The number of aryl methyl sites for hydroxylation is 1. The number of anilines is 2. The lowest BCUT2D eigenvalue weighted by atomic mass is 9.96. The Hall–Kier alpha value is -3.43. The largest absolute Gasteiger partial charge is 0.360 e. The zero-order chi connectivity index (χ0) is 19.4. The molecule has 0 aliphatic carbocycles. The minimum Gasteiger partial charge on any atom is -0.360 e. The number of amides is 3. The van der Waals surface area contributed by atoms with Crippen molar-refractivity contribution in [1.29, 1.82) is 0 Å². The fourth-order valence-corrected chi connectivity index (χ4v) is 2.87. The van der Waals surface area contributed by atoms with E-state index in [1.54, 1.807) is 17.9 Å². The predicted octanol–water partition coefficient (Wildman–Crippen LogP) is 2.77. The van der Waals surface area contributed by atoms with Crippen LogP contribution in [0.4, 0.5) is 22.0 Å². The van der Waals surface area contributed by atoms with E-state index in [2.05, 4.69) is 15.8 Å². The maximum Gasteiger partial charge on any atom is 0.321 e. The van der Waals surface area contributed by atoms with Gasteiger partial charge in [-0.15, -0.1) is 0 Å². The lowest BCUT2D eigenvalue weighted by Crippen LogP contribution is -2.43. The van der Waals surface area contributed by atoms with Crippen LogP contribution in [0.5, 0.6) is 0 Å². The number of urea groups is 1. The zero-order valence-electron chi connectivity index (χ0n) is 14.7. The Morgan fingerprint density at radius 1 is 1.22 bits per heavy atom. The van der Waals surface area contributed by atoms with E-state index in [9.17, 15) is 19.7 Å². The van der Waals surface area contributed by atoms with Gasteiger partial charge in [0.2, 0.25) is 5.91 Å². The summed E-state index contributed by atoms with van der Waals surface area (Å²) in [5.74, 6) is 0.656. The molecule has 3 rings (SSSR count). The molecule has 0 radical (unpaired) electrons. The summed E-state index contributed by atoms with van der Waals surface area (Å²) in [5, 5.41) is 19.8. The van der Waals surface area contributed by atoms with Crippen molar-refractivity contribution in [3.05, 3.63) is 46.2 Å². The number of nitrogens with one attached hydrogen (secondary N) is 2. The highest BCUT2D eigenvalue weighted by atomic mass is 16.6. The third kappa shape index (κ3) is 4.60. The van der Waals surface area contributed by atoms with Crippen LogP contribution in [-0.2, 0) is 4.79 Å². The molecule has 3 amide bonds. The summed E-state index contributed by atoms with van der Waals surface area (Å²) >= 11 is 0. The molecule has 27 heavy (non-hydrogen) atoms. The van der Waals surface area contributed by atoms with Gasteiger partial charge in [0.25, 0.3) is 5.69 Å². The number of likely N-dealkylation sites (tertiary alicyclic amines) is 1. The van der Waals surface area contributed by atoms with Gasteiger partial charge in [0.05, 0.1) is 4.92 Å². The SMILES string of the molecule is Cc1cc(NC(=O)C2CCN(C(=O)Nc3ccc([N+](=O)[O-])cc3)CC2)no1. The molecular formula is C17H19N5O5. The smallest absolute Gasteiger partial charge is 0.321 e. The number of hydrogen-bond donors (Lipinski definition) is 2. The average molecular weight is 373 g/mol. The highest BCUT2D eigenvalue weighted by Gasteiger charge is 2.28. The fraction of sp³-hybridized carbons (Fsp3) is 0.353. The summed E-state index contributed by atoms with van der Waals surface area (Å²) in [6.45, 7) is 2.62. The van der Waals surface area contributed by atoms with Gasteiger partial charge in [-0.3, -0.25) is 14.9 Å². The summed E-state index contributed by atoms with van der Waals surface area (Å²) in [4.78, 5) is 36.3. The molecule has 142 valence electrons. The number of benzene rings is 1. The molecule has 1 aromatic heterocycles. The third-order valence-corrected chi connectivity index (χ3v) is 4.36. The Kier molecular flexibility index (Phi) is 5.34. The van der Waals surface area contributed by atoms with Crippen LogP contribution in [0, 0.1) is 23.0 Å². The second-order valence-corrected chi connectivity index (χ2v) is 6.31. The van der Waals surface area contributed by atoms with Gasteiger partial charge >= 0.3 is 6.03 Å². The number of nitro groups is 1. The first kappa shape index (κ1) is 18.4. The molecule has 1 aromatic carbocycles. The number of rotatable bonds is 4. The lowest BCUT2D eigenvalue weighted by molar-refractivity contribution is -0.384. The maximum atomic E-state index is 12.3. The van der Waals surface area contributed by atoms with Crippen molar-refractivity contribution in [2.45, 2.75) is 19.8 Å². The topological polar surface area (TPSA) is 131 Å². The van der Waals surface area contributed by atoms with Gasteiger partial charge in [0, 0.05) is 42.9 Å². The molecule has 2 heterocycles. The minimum absolute atomic E-state index is 0.0397. The van der Waals surface area contributed by atoms with Crippen LogP contribution >= 0.6 is 0 Å². The van der Waals surface area contributed by atoms with E-state index in [1.165, 1.54) is 24.3 Å². The van der Waals surface area contributed by atoms with E-state index in [0.717, 1.165) is 0 Å². The molecule has 1 aliphatic rings. The number of nitrogens with zero attached hydrogens (tertiary/aromatic N) is 3. The van der Waals surface area contributed by atoms with Crippen molar-refractivity contribution in [3.63, 3.8) is 0 Å². The molecule has 10 nitrogen and oxygen atoms in total. The molecule has 1 saturated heterocycles. The van der Waals surface area contributed by atoms with Gasteiger partial charge in [0.1, 0.15) is 5.76 Å². The lowest BCUT2D eigenvalue weighted by Gasteiger charge is -2.31.